The number of pyridine rings is 2. The van der Waals surface area contributed by atoms with Crippen molar-refractivity contribution in [2.24, 2.45) is 0 Å². The summed E-state index contributed by atoms with van der Waals surface area (Å²) in [6, 6.07) is 10.5. The molecule has 0 spiro atoms. The van der Waals surface area contributed by atoms with Gasteiger partial charge in [0.2, 0.25) is 0 Å². The fourth-order valence-electron chi connectivity index (χ4n) is 3.51. The van der Waals surface area contributed by atoms with Crippen LogP contribution in [0.4, 0.5) is 5.82 Å². The van der Waals surface area contributed by atoms with Gasteiger partial charge in [-0.15, -0.1) is 0 Å². The molecule has 4 rings (SSSR count). The second-order valence-electron chi connectivity index (χ2n) is 8.13. The van der Waals surface area contributed by atoms with Crippen molar-refractivity contribution in [1.82, 2.24) is 19.7 Å². The summed E-state index contributed by atoms with van der Waals surface area (Å²) in [7, 11) is 1.75. The number of imidazole rings is 1. The fourth-order valence-corrected chi connectivity index (χ4v) is 3.51. The molecule has 0 saturated carbocycles. The van der Waals surface area contributed by atoms with E-state index in [0.717, 1.165) is 35.9 Å². The maximum absolute atomic E-state index is 5.53. The molecule has 3 aromatic rings. The first kappa shape index (κ1) is 17.9. The lowest BCUT2D eigenvalue weighted by Crippen LogP contribution is -2.33. The van der Waals surface area contributed by atoms with Gasteiger partial charge in [-0.2, -0.15) is 0 Å². The number of rotatable bonds is 4. The lowest BCUT2D eigenvalue weighted by molar-refractivity contribution is 0.111. The summed E-state index contributed by atoms with van der Waals surface area (Å²) < 4.78 is 7.66. The zero-order valence-corrected chi connectivity index (χ0v) is 16.4. The fraction of sp³-hybridized carbons (Fsp3) is 0.429. The lowest BCUT2D eigenvalue weighted by Gasteiger charge is -2.20. The van der Waals surface area contributed by atoms with Crippen LogP contribution in [-0.4, -0.2) is 46.7 Å². The van der Waals surface area contributed by atoms with E-state index in [1.807, 2.05) is 24.4 Å². The summed E-state index contributed by atoms with van der Waals surface area (Å²) in [4.78, 5) is 9.38. The topological polar surface area (TPSA) is 63.5 Å². The van der Waals surface area contributed by atoms with Crippen LogP contribution < -0.4 is 10.6 Å². The molecule has 1 saturated heterocycles. The molecule has 142 valence electrons. The zero-order chi connectivity index (χ0) is 19.0. The Morgan fingerprint density at radius 2 is 2.04 bits per heavy atom. The van der Waals surface area contributed by atoms with Gasteiger partial charge in [-0.05, 0) is 29.2 Å². The van der Waals surface area contributed by atoms with Crippen molar-refractivity contribution >= 4 is 11.5 Å². The Hall–Kier alpha value is -2.44. The van der Waals surface area contributed by atoms with E-state index < -0.39 is 0 Å². The normalized spacial score (nSPS) is 20.3. The lowest BCUT2D eigenvalue weighted by atomic mass is 9.88. The van der Waals surface area contributed by atoms with Gasteiger partial charge in [0.05, 0.1) is 29.7 Å². The number of ether oxygens (including phenoxy) is 1. The first-order valence-corrected chi connectivity index (χ1v) is 9.41. The van der Waals surface area contributed by atoms with Crippen molar-refractivity contribution < 1.29 is 4.74 Å². The third-order valence-corrected chi connectivity index (χ3v) is 5.18. The summed E-state index contributed by atoms with van der Waals surface area (Å²) >= 11 is 0. The Labute approximate surface area is 160 Å². The molecule has 6 nitrogen and oxygen atoms in total. The molecular formula is C21H27N5O. The van der Waals surface area contributed by atoms with Crippen LogP contribution in [-0.2, 0) is 10.2 Å². The van der Waals surface area contributed by atoms with Crippen LogP contribution in [0.2, 0.25) is 0 Å². The molecule has 0 aromatic carbocycles. The molecule has 3 aromatic heterocycles. The van der Waals surface area contributed by atoms with Gasteiger partial charge in [-0.25, -0.2) is 9.97 Å². The number of methoxy groups -OCH3 is 1. The van der Waals surface area contributed by atoms with Crippen LogP contribution in [0.15, 0.2) is 42.7 Å². The van der Waals surface area contributed by atoms with Crippen molar-refractivity contribution in [2.45, 2.75) is 38.3 Å². The second kappa shape index (κ2) is 6.94. The van der Waals surface area contributed by atoms with Crippen molar-refractivity contribution in [2.75, 3.05) is 25.5 Å². The maximum atomic E-state index is 5.53. The van der Waals surface area contributed by atoms with Crippen molar-refractivity contribution in [3.63, 3.8) is 0 Å². The Balaban J connectivity index is 1.67. The Morgan fingerprint density at radius 1 is 1.19 bits per heavy atom. The molecule has 0 radical (unpaired) electrons. The zero-order valence-electron chi connectivity index (χ0n) is 16.4. The third-order valence-electron chi connectivity index (χ3n) is 5.18. The van der Waals surface area contributed by atoms with Gasteiger partial charge in [0, 0.05) is 26.4 Å². The van der Waals surface area contributed by atoms with E-state index in [4.69, 9.17) is 9.72 Å². The minimum absolute atomic E-state index is 0.0806. The molecule has 4 heterocycles. The van der Waals surface area contributed by atoms with Crippen LogP contribution in [0.25, 0.3) is 17.0 Å². The monoisotopic (exact) mass is 365 g/mol. The number of hydrogen-bond donors (Lipinski definition) is 2. The molecule has 0 bridgehead atoms. The molecule has 0 amide bonds. The highest BCUT2D eigenvalue weighted by Gasteiger charge is 2.27. The predicted molar refractivity (Wildman–Crippen MR) is 108 cm³/mol. The average Bonchev–Trinajstić information content (AvgIpc) is 3.27. The summed E-state index contributed by atoms with van der Waals surface area (Å²) in [5.74, 6) is 0.852. The van der Waals surface area contributed by atoms with E-state index in [1.54, 1.807) is 7.11 Å². The summed E-state index contributed by atoms with van der Waals surface area (Å²) in [5.41, 5.74) is 4.17. The number of fused-ring (bicyclic) bond motifs is 1. The number of anilines is 1. The van der Waals surface area contributed by atoms with Crippen LogP contribution >= 0.6 is 0 Å². The van der Waals surface area contributed by atoms with Gasteiger partial charge in [0.25, 0.3) is 0 Å². The smallest absolute Gasteiger partial charge is 0.137 e. The minimum atomic E-state index is 0.0806. The Bertz CT molecular complexity index is 943. The van der Waals surface area contributed by atoms with E-state index in [1.165, 1.54) is 5.56 Å². The first-order valence-electron chi connectivity index (χ1n) is 9.41. The van der Waals surface area contributed by atoms with Gasteiger partial charge in [-0.1, -0.05) is 32.9 Å². The summed E-state index contributed by atoms with van der Waals surface area (Å²) in [6.07, 6.45) is 4.21. The van der Waals surface area contributed by atoms with Crippen LogP contribution in [0.5, 0.6) is 0 Å². The van der Waals surface area contributed by atoms with Crippen molar-refractivity contribution in [1.29, 1.82) is 0 Å². The van der Waals surface area contributed by atoms with Gasteiger partial charge < -0.3 is 15.4 Å². The molecule has 0 aliphatic carbocycles. The average molecular weight is 365 g/mol. The van der Waals surface area contributed by atoms with E-state index in [9.17, 15) is 0 Å². The molecule has 27 heavy (non-hydrogen) atoms. The molecule has 1 aliphatic heterocycles. The highest BCUT2D eigenvalue weighted by Crippen LogP contribution is 2.26. The first-order chi connectivity index (χ1) is 13.0. The van der Waals surface area contributed by atoms with Crippen LogP contribution in [0.3, 0.4) is 0 Å². The molecule has 1 aliphatic rings. The predicted octanol–water partition coefficient (Wildman–Crippen LogP) is 3.09. The third kappa shape index (κ3) is 3.55. The van der Waals surface area contributed by atoms with E-state index in [-0.39, 0.29) is 17.6 Å². The van der Waals surface area contributed by atoms with Crippen LogP contribution in [0, 0.1) is 0 Å². The van der Waals surface area contributed by atoms with Gasteiger partial charge >= 0.3 is 0 Å². The molecule has 6 heteroatoms. The number of nitrogens with one attached hydrogen (secondary N) is 2. The summed E-state index contributed by atoms with van der Waals surface area (Å²) in [5, 5.41) is 6.85. The van der Waals surface area contributed by atoms with E-state index >= 15 is 0 Å². The highest BCUT2D eigenvalue weighted by molar-refractivity contribution is 5.62. The number of hydrogen-bond acceptors (Lipinski definition) is 5. The molecule has 1 fully saturated rings. The molecule has 2 N–H and O–H groups in total. The van der Waals surface area contributed by atoms with Crippen molar-refractivity contribution in [3.05, 3.63) is 48.3 Å². The highest BCUT2D eigenvalue weighted by atomic mass is 16.5. The minimum Gasteiger partial charge on any atom is -0.378 e. The van der Waals surface area contributed by atoms with E-state index in [0.29, 0.717) is 0 Å². The molecular weight excluding hydrogens is 338 g/mol. The molecule has 2 atom stereocenters. The van der Waals surface area contributed by atoms with Crippen molar-refractivity contribution in [3.8, 4) is 11.4 Å². The standard InChI is InChI=1S/C21H27N5O/c1-21(2,3)14-8-9-20-23-11-17(26(20)13-14)15-6-5-7-19(24-15)25-16-10-22-12-18(16)27-4/h5-9,11,13,16,18,22H,10,12H2,1-4H3,(H,24,25)/t16-,18-/m0/s1. The quantitative estimate of drug-likeness (QED) is 0.744. The largest absolute Gasteiger partial charge is 0.378 e. The SMILES string of the molecule is CO[C@H]1CNC[C@@H]1Nc1cccc(-c2cnc3ccc(C(C)(C)C)cn23)n1. The Morgan fingerprint density at radius 3 is 2.81 bits per heavy atom. The van der Waals surface area contributed by atoms with E-state index in [2.05, 4.69) is 59.1 Å². The molecule has 0 unspecified atom stereocenters. The Kier molecular flexibility index (Phi) is 4.61. The number of nitrogens with zero attached hydrogens (tertiary/aromatic N) is 3. The van der Waals surface area contributed by atoms with Gasteiger partial charge in [-0.3, -0.25) is 4.40 Å². The maximum Gasteiger partial charge on any atom is 0.137 e. The van der Waals surface area contributed by atoms with Gasteiger partial charge in [0.1, 0.15) is 11.5 Å². The number of aromatic nitrogens is 3. The second-order valence-corrected chi connectivity index (χ2v) is 8.13. The summed E-state index contributed by atoms with van der Waals surface area (Å²) in [6.45, 7) is 8.38. The van der Waals surface area contributed by atoms with Gasteiger partial charge in [0.15, 0.2) is 0 Å². The van der Waals surface area contributed by atoms with Crippen LogP contribution in [0.1, 0.15) is 26.3 Å².